The van der Waals surface area contributed by atoms with Crippen molar-refractivity contribution in [3.8, 4) is 0 Å². The molecule has 1 heterocycles. The van der Waals surface area contributed by atoms with Crippen molar-refractivity contribution in [2.45, 2.75) is 19.4 Å². The maximum absolute atomic E-state index is 11.9. The fraction of sp³-hybridized carbons (Fsp3) is 0.600. The molecule has 100 valence electrons. The number of piperazine rings is 1. The molecule has 1 fully saturated rings. The molecule has 1 saturated heterocycles. The number of aliphatic carboxylic acids is 1. The van der Waals surface area contributed by atoms with Gasteiger partial charge in [-0.2, -0.15) is 0 Å². The Labute approximate surface area is 104 Å². The zero-order valence-electron chi connectivity index (χ0n) is 10.2. The van der Waals surface area contributed by atoms with Crippen LogP contribution < -0.4 is 5.32 Å². The third kappa shape index (κ3) is 3.19. The Hall–Kier alpha value is -2.12. The number of carbonyl (C=O) groups excluding carboxylic acids is 3. The fourth-order valence-corrected chi connectivity index (χ4v) is 1.53. The number of carboxylic acids is 1. The molecule has 0 radical (unpaired) electrons. The van der Waals surface area contributed by atoms with Crippen molar-refractivity contribution >= 4 is 23.8 Å². The minimum absolute atomic E-state index is 0.0210. The zero-order chi connectivity index (χ0) is 13.9. The number of hydrogen-bond donors (Lipinski definition) is 2. The zero-order valence-corrected chi connectivity index (χ0v) is 10.2. The summed E-state index contributed by atoms with van der Waals surface area (Å²) < 4.78 is 0. The van der Waals surface area contributed by atoms with Crippen molar-refractivity contribution in [2.75, 3.05) is 20.1 Å². The van der Waals surface area contributed by atoms with E-state index < -0.39 is 29.9 Å². The lowest BCUT2D eigenvalue weighted by atomic mass is 10.2. The topological polar surface area (TPSA) is 107 Å². The van der Waals surface area contributed by atoms with Crippen molar-refractivity contribution in [2.24, 2.45) is 0 Å². The highest BCUT2D eigenvalue weighted by Crippen LogP contribution is 2.08. The Balaban J connectivity index is 2.66. The maximum atomic E-state index is 11.9. The van der Waals surface area contributed by atoms with E-state index in [1.54, 1.807) is 0 Å². The van der Waals surface area contributed by atoms with Gasteiger partial charge in [-0.15, -0.1) is 0 Å². The summed E-state index contributed by atoms with van der Waals surface area (Å²) in [7, 11) is 1.43. The van der Waals surface area contributed by atoms with Crippen molar-refractivity contribution in [1.82, 2.24) is 15.1 Å². The van der Waals surface area contributed by atoms with Gasteiger partial charge in [-0.3, -0.25) is 19.7 Å². The molecule has 0 aliphatic carbocycles. The van der Waals surface area contributed by atoms with Gasteiger partial charge < -0.3 is 14.9 Å². The second-order valence-electron chi connectivity index (χ2n) is 4.06. The summed E-state index contributed by atoms with van der Waals surface area (Å²) in [6.07, 6.45) is -0.190. The number of nitrogens with one attached hydrogen (secondary N) is 1. The summed E-state index contributed by atoms with van der Waals surface area (Å²) in [5, 5.41) is 10.6. The minimum Gasteiger partial charge on any atom is -0.481 e. The van der Waals surface area contributed by atoms with Crippen LogP contribution in [0.15, 0.2) is 0 Å². The summed E-state index contributed by atoms with van der Waals surface area (Å²) >= 11 is 0. The number of urea groups is 1. The van der Waals surface area contributed by atoms with E-state index in [-0.39, 0.29) is 19.5 Å². The molecule has 8 heteroatoms. The first-order valence-corrected chi connectivity index (χ1v) is 5.40. The fourth-order valence-electron chi connectivity index (χ4n) is 1.53. The van der Waals surface area contributed by atoms with Crippen LogP contribution >= 0.6 is 0 Å². The van der Waals surface area contributed by atoms with Crippen LogP contribution in [0.1, 0.15) is 13.3 Å². The van der Waals surface area contributed by atoms with Gasteiger partial charge in [-0.05, 0) is 6.92 Å². The highest BCUT2D eigenvalue weighted by atomic mass is 16.4. The van der Waals surface area contributed by atoms with Crippen LogP contribution in [-0.4, -0.2) is 64.9 Å². The standard InChI is InChI=1S/C10H15N3O5/c1-6-9(17)11-7(14)5-13(6)10(18)12(2)4-3-8(15)16/h6H,3-5H2,1-2H3,(H,15,16)(H,11,14,17). The van der Waals surface area contributed by atoms with Crippen LogP contribution in [0.5, 0.6) is 0 Å². The summed E-state index contributed by atoms with van der Waals surface area (Å²) in [6, 6.07) is -1.28. The molecule has 0 aromatic carbocycles. The van der Waals surface area contributed by atoms with E-state index in [4.69, 9.17) is 5.11 Å². The molecule has 4 amide bonds. The second-order valence-corrected chi connectivity index (χ2v) is 4.06. The van der Waals surface area contributed by atoms with Crippen LogP contribution in [0.2, 0.25) is 0 Å². The van der Waals surface area contributed by atoms with Crippen LogP contribution in [0, 0.1) is 0 Å². The number of imide groups is 1. The van der Waals surface area contributed by atoms with Crippen molar-refractivity contribution in [1.29, 1.82) is 0 Å². The quantitative estimate of drug-likeness (QED) is 0.621. The molecular formula is C10H15N3O5. The van der Waals surface area contributed by atoms with Gasteiger partial charge in [0, 0.05) is 13.6 Å². The smallest absolute Gasteiger partial charge is 0.320 e. The third-order valence-electron chi connectivity index (χ3n) is 2.66. The van der Waals surface area contributed by atoms with Gasteiger partial charge in [0.1, 0.15) is 12.6 Å². The highest BCUT2D eigenvalue weighted by molar-refractivity contribution is 6.03. The van der Waals surface area contributed by atoms with Crippen molar-refractivity contribution < 1.29 is 24.3 Å². The molecule has 1 unspecified atom stereocenters. The number of carboxylic acid groups (broad SMARTS) is 1. The summed E-state index contributed by atoms with van der Waals surface area (Å²) in [6.45, 7) is 1.32. The Bertz CT molecular complexity index is 395. The summed E-state index contributed by atoms with van der Waals surface area (Å²) in [5.41, 5.74) is 0. The van der Waals surface area contributed by atoms with Gasteiger partial charge in [-0.1, -0.05) is 0 Å². The monoisotopic (exact) mass is 257 g/mol. The highest BCUT2D eigenvalue weighted by Gasteiger charge is 2.34. The maximum Gasteiger partial charge on any atom is 0.320 e. The van der Waals surface area contributed by atoms with Crippen molar-refractivity contribution in [3.63, 3.8) is 0 Å². The molecule has 2 N–H and O–H groups in total. The Kier molecular flexibility index (Phi) is 4.24. The first-order chi connectivity index (χ1) is 8.32. The number of rotatable bonds is 3. The van der Waals surface area contributed by atoms with Crippen LogP contribution in [0.25, 0.3) is 0 Å². The molecule has 0 bridgehead atoms. The summed E-state index contributed by atoms with van der Waals surface area (Å²) in [4.78, 5) is 47.2. The van der Waals surface area contributed by atoms with E-state index in [2.05, 4.69) is 5.32 Å². The average Bonchev–Trinajstić information content (AvgIpc) is 2.29. The first-order valence-electron chi connectivity index (χ1n) is 5.40. The average molecular weight is 257 g/mol. The largest absolute Gasteiger partial charge is 0.481 e. The molecular weight excluding hydrogens is 242 g/mol. The second kappa shape index (κ2) is 5.48. The van der Waals surface area contributed by atoms with E-state index in [0.29, 0.717) is 0 Å². The van der Waals surface area contributed by atoms with Crippen LogP contribution in [0.4, 0.5) is 4.79 Å². The lowest BCUT2D eigenvalue weighted by Crippen LogP contribution is -2.60. The number of carbonyl (C=O) groups is 4. The van der Waals surface area contributed by atoms with Gasteiger partial charge in [-0.25, -0.2) is 4.79 Å². The molecule has 1 atom stereocenters. The van der Waals surface area contributed by atoms with Gasteiger partial charge >= 0.3 is 12.0 Å². The van der Waals surface area contributed by atoms with E-state index in [0.717, 1.165) is 4.90 Å². The van der Waals surface area contributed by atoms with Crippen molar-refractivity contribution in [3.05, 3.63) is 0 Å². The SMILES string of the molecule is CC1C(=O)NC(=O)CN1C(=O)N(C)CCC(=O)O. The van der Waals surface area contributed by atoms with Gasteiger partial charge in [0.25, 0.3) is 0 Å². The predicted molar refractivity (Wildman–Crippen MR) is 59.6 cm³/mol. The molecule has 0 spiro atoms. The van der Waals surface area contributed by atoms with Gasteiger partial charge in [0.15, 0.2) is 0 Å². The molecule has 18 heavy (non-hydrogen) atoms. The Morgan fingerprint density at radius 2 is 2.11 bits per heavy atom. The first kappa shape index (κ1) is 13.9. The molecule has 1 aliphatic rings. The number of hydrogen-bond acceptors (Lipinski definition) is 4. The van der Waals surface area contributed by atoms with Crippen LogP contribution in [-0.2, 0) is 14.4 Å². The predicted octanol–water partition coefficient (Wildman–Crippen LogP) is -1.14. The van der Waals surface area contributed by atoms with Gasteiger partial charge in [0.05, 0.1) is 6.42 Å². The Morgan fingerprint density at radius 1 is 1.50 bits per heavy atom. The van der Waals surface area contributed by atoms with Gasteiger partial charge in [0.2, 0.25) is 11.8 Å². The molecule has 8 nitrogen and oxygen atoms in total. The third-order valence-corrected chi connectivity index (χ3v) is 2.66. The number of nitrogens with zero attached hydrogens (tertiary/aromatic N) is 2. The molecule has 0 aromatic rings. The molecule has 0 aromatic heterocycles. The van der Waals surface area contributed by atoms with E-state index in [9.17, 15) is 19.2 Å². The normalized spacial score (nSPS) is 19.4. The molecule has 0 saturated carbocycles. The molecule has 1 rings (SSSR count). The summed E-state index contributed by atoms with van der Waals surface area (Å²) in [5.74, 6) is -2.10. The molecule has 1 aliphatic heterocycles. The lowest BCUT2D eigenvalue weighted by molar-refractivity contribution is -0.139. The Morgan fingerprint density at radius 3 is 2.67 bits per heavy atom. The number of amides is 4. The van der Waals surface area contributed by atoms with E-state index >= 15 is 0 Å². The lowest BCUT2D eigenvalue weighted by Gasteiger charge is -2.34. The van der Waals surface area contributed by atoms with Crippen LogP contribution in [0.3, 0.4) is 0 Å². The van der Waals surface area contributed by atoms with E-state index in [1.165, 1.54) is 18.9 Å². The van der Waals surface area contributed by atoms with E-state index in [1.807, 2.05) is 0 Å². The minimum atomic E-state index is -1.02.